The molecule has 0 aliphatic carbocycles. The lowest BCUT2D eigenvalue weighted by atomic mass is 9.97. The third-order valence-electron chi connectivity index (χ3n) is 6.44. The molecule has 4 rings (SSSR count). The van der Waals surface area contributed by atoms with E-state index in [-0.39, 0.29) is 29.8 Å². The van der Waals surface area contributed by atoms with Crippen LogP contribution in [0.25, 0.3) is 0 Å². The quantitative estimate of drug-likeness (QED) is 0.674. The summed E-state index contributed by atoms with van der Waals surface area (Å²) in [5, 5.41) is 3.00. The first-order valence-electron chi connectivity index (χ1n) is 11.4. The minimum atomic E-state index is -3.56. The van der Waals surface area contributed by atoms with Crippen LogP contribution in [0.4, 0.5) is 11.4 Å². The Morgan fingerprint density at radius 3 is 2.21 bits per heavy atom. The average molecular weight is 471 g/mol. The summed E-state index contributed by atoms with van der Waals surface area (Å²) in [6, 6.07) is 13.5. The predicted octanol–water partition coefficient (Wildman–Crippen LogP) is 2.82. The summed E-state index contributed by atoms with van der Waals surface area (Å²) < 4.78 is 27.1. The van der Waals surface area contributed by atoms with Crippen molar-refractivity contribution in [1.29, 1.82) is 0 Å². The van der Waals surface area contributed by atoms with E-state index in [1.807, 2.05) is 6.07 Å². The highest BCUT2D eigenvalue weighted by molar-refractivity contribution is 7.89. The molecule has 33 heavy (non-hydrogen) atoms. The van der Waals surface area contributed by atoms with Gasteiger partial charge in [0.1, 0.15) is 0 Å². The number of anilines is 2. The van der Waals surface area contributed by atoms with Gasteiger partial charge in [-0.25, -0.2) is 8.42 Å². The smallest absolute Gasteiger partial charge is 0.248 e. The summed E-state index contributed by atoms with van der Waals surface area (Å²) in [7, 11) is -3.56. The van der Waals surface area contributed by atoms with Crippen molar-refractivity contribution in [2.24, 2.45) is 11.7 Å². The highest BCUT2D eigenvalue weighted by Gasteiger charge is 2.32. The number of carbonyl (C=O) groups excluding carboxylic acids is 2. The number of hydrogen-bond acceptors (Lipinski definition) is 5. The maximum atomic E-state index is 13.1. The summed E-state index contributed by atoms with van der Waals surface area (Å²) in [4.78, 5) is 27.3. The lowest BCUT2D eigenvalue weighted by molar-refractivity contribution is -0.120. The first kappa shape index (κ1) is 23.3. The summed E-state index contributed by atoms with van der Waals surface area (Å²) in [5.41, 5.74) is 7.27. The number of benzene rings is 2. The molecule has 0 spiro atoms. The fraction of sp³-hybridized carbons (Fsp3) is 0.417. The standard InChI is InChI=1S/C24H30N4O4S/c25-23(29)19-9-10-22(27-13-5-2-6-14-27)21(17-19)26-24(30)18-11-15-28(16-12-18)33(31,32)20-7-3-1-4-8-20/h1,3-4,7-10,17-18H,2,5-6,11-16H2,(H2,25,29)(H,26,30). The van der Waals surface area contributed by atoms with Crippen molar-refractivity contribution in [3.63, 3.8) is 0 Å². The summed E-state index contributed by atoms with van der Waals surface area (Å²) in [6.45, 7) is 2.37. The first-order chi connectivity index (χ1) is 15.9. The lowest BCUT2D eigenvalue weighted by Crippen LogP contribution is -2.41. The normalized spacial score (nSPS) is 18.1. The van der Waals surface area contributed by atoms with Crippen LogP contribution in [0, 0.1) is 5.92 Å². The molecule has 8 nitrogen and oxygen atoms in total. The fourth-order valence-electron chi connectivity index (χ4n) is 4.53. The van der Waals surface area contributed by atoms with Gasteiger partial charge in [-0.1, -0.05) is 18.2 Å². The number of nitrogens with one attached hydrogen (secondary N) is 1. The van der Waals surface area contributed by atoms with E-state index in [4.69, 9.17) is 5.73 Å². The highest BCUT2D eigenvalue weighted by Crippen LogP contribution is 2.31. The Morgan fingerprint density at radius 2 is 1.58 bits per heavy atom. The third-order valence-corrected chi connectivity index (χ3v) is 8.35. The zero-order valence-corrected chi connectivity index (χ0v) is 19.4. The Hall–Kier alpha value is -2.91. The molecular weight excluding hydrogens is 440 g/mol. The highest BCUT2D eigenvalue weighted by atomic mass is 32.2. The SMILES string of the molecule is NC(=O)c1ccc(N2CCCCC2)c(NC(=O)C2CCN(S(=O)(=O)c3ccccc3)CC2)c1. The van der Waals surface area contributed by atoms with Crippen LogP contribution < -0.4 is 16.0 Å². The van der Waals surface area contributed by atoms with E-state index < -0.39 is 15.9 Å². The molecule has 176 valence electrons. The Morgan fingerprint density at radius 1 is 0.909 bits per heavy atom. The van der Waals surface area contributed by atoms with Crippen molar-refractivity contribution in [2.45, 2.75) is 37.0 Å². The number of carbonyl (C=O) groups is 2. The molecule has 0 bridgehead atoms. The maximum absolute atomic E-state index is 13.1. The summed E-state index contributed by atoms with van der Waals surface area (Å²) >= 11 is 0. The van der Waals surface area contributed by atoms with Crippen molar-refractivity contribution in [3.8, 4) is 0 Å². The van der Waals surface area contributed by atoms with Gasteiger partial charge < -0.3 is 16.0 Å². The molecule has 0 atom stereocenters. The summed E-state index contributed by atoms with van der Waals surface area (Å²) in [6.07, 6.45) is 4.22. The Labute approximate surface area is 194 Å². The molecule has 0 saturated carbocycles. The van der Waals surface area contributed by atoms with Gasteiger partial charge in [0.2, 0.25) is 21.8 Å². The fourth-order valence-corrected chi connectivity index (χ4v) is 6.03. The number of rotatable bonds is 6. The molecule has 2 aromatic rings. The second-order valence-electron chi connectivity index (χ2n) is 8.62. The van der Waals surface area contributed by atoms with E-state index >= 15 is 0 Å². The van der Waals surface area contributed by atoms with E-state index in [1.54, 1.807) is 42.5 Å². The van der Waals surface area contributed by atoms with E-state index in [2.05, 4.69) is 10.2 Å². The van der Waals surface area contributed by atoms with E-state index in [9.17, 15) is 18.0 Å². The van der Waals surface area contributed by atoms with Crippen molar-refractivity contribution >= 4 is 33.2 Å². The van der Waals surface area contributed by atoms with Gasteiger partial charge in [-0.2, -0.15) is 4.31 Å². The minimum absolute atomic E-state index is 0.161. The Kier molecular flexibility index (Phi) is 6.99. The predicted molar refractivity (Wildman–Crippen MR) is 128 cm³/mol. The summed E-state index contributed by atoms with van der Waals surface area (Å²) in [5.74, 6) is -1.01. The molecule has 2 heterocycles. The van der Waals surface area contributed by atoms with Crippen LogP contribution in [0.5, 0.6) is 0 Å². The van der Waals surface area contributed by atoms with Gasteiger partial charge >= 0.3 is 0 Å². The first-order valence-corrected chi connectivity index (χ1v) is 12.8. The molecule has 0 radical (unpaired) electrons. The van der Waals surface area contributed by atoms with Gasteiger partial charge in [0.15, 0.2) is 0 Å². The number of hydrogen-bond donors (Lipinski definition) is 2. The number of sulfonamides is 1. The second-order valence-corrected chi connectivity index (χ2v) is 10.6. The number of nitrogens with zero attached hydrogens (tertiary/aromatic N) is 2. The second kappa shape index (κ2) is 9.93. The molecule has 9 heteroatoms. The minimum Gasteiger partial charge on any atom is -0.370 e. The molecule has 3 N–H and O–H groups in total. The molecule has 2 aliphatic heterocycles. The van der Waals surface area contributed by atoms with Crippen molar-refractivity contribution in [2.75, 3.05) is 36.4 Å². The largest absolute Gasteiger partial charge is 0.370 e. The van der Waals surface area contributed by atoms with E-state index in [1.165, 1.54) is 10.7 Å². The van der Waals surface area contributed by atoms with Crippen LogP contribution in [-0.2, 0) is 14.8 Å². The zero-order valence-electron chi connectivity index (χ0n) is 18.6. The Balaban J connectivity index is 1.45. The molecule has 0 aromatic heterocycles. The van der Waals surface area contributed by atoms with Crippen LogP contribution in [0.1, 0.15) is 42.5 Å². The number of primary amides is 1. The molecule has 2 saturated heterocycles. The Bertz CT molecular complexity index is 1110. The number of amides is 2. The van der Waals surface area contributed by atoms with Gasteiger partial charge in [0.05, 0.1) is 16.3 Å². The molecule has 2 aromatic carbocycles. The zero-order chi connectivity index (χ0) is 23.4. The maximum Gasteiger partial charge on any atom is 0.248 e. The van der Waals surface area contributed by atoms with Crippen LogP contribution in [0.3, 0.4) is 0 Å². The van der Waals surface area contributed by atoms with Crippen molar-refractivity contribution in [1.82, 2.24) is 4.31 Å². The van der Waals surface area contributed by atoms with Gasteiger partial charge in [0, 0.05) is 37.7 Å². The number of nitrogens with two attached hydrogens (primary N) is 1. The molecule has 2 amide bonds. The van der Waals surface area contributed by atoms with Crippen LogP contribution in [0.2, 0.25) is 0 Å². The average Bonchev–Trinajstić information content (AvgIpc) is 2.85. The van der Waals surface area contributed by atoms with Crippen LogP contribution in [0.15, 0.2) is 53.4 Å². The van der Waals surface area contributed by atoms with Crippen molar-refractivity contribution in [3.05, 3.63) is 54.1 Å². The van der Waals surface area contributed by atoms with Crippen molar-refractivity contribution < 1.29 is 18.0 Å². The lowest BCUT2D eigenvalue weighted by Gasteiger charge is -2.32. The van der Waals surface area contributed by atoms with E-state index in [0.29, 0.717) is 24.1 Å². The van der Waals surface area contributed by atoms with Gasteiger partial charge in [-0.15, -0.1) is 0 Å². The van der Waals surface area contributed by atoms with Crippen LogP contribution >= 0.6 is 0 Å². The molecular formula is C24H30N4O4S. The number of piperidine rings is 2. The van der Waals surface area contributed by atoms with Crippen LogP contribution in [-0.4, -0.2) is 50.7 Å². The molecule has 2 fully saturated rings. The van der Waals surface area contributed by atoms with Gasteiger partial charge in [-0.3, -0.25) is 9.59 Å². The van der Waals surface area contributed by atoms with Gasteiger partial charge in [-0.05, 0) is 62.4 Å². The molecule has 0 unspecified atom stereocenters. The van der Waals surface area contributed by atoms with Gasteiger partial charge in [0.25, 0.3) is 0 Å². The third kappa shape index (κ3) is 5.20. The monoisotopic (exact) mass is 470 g/mol. The van der Waals surface area contributed by atoms with E-state index in [0.717, 1.165) is 31.6 Å². The topological polar surface area (TPSA) is 113 Å². The molecule has 2 aliphatic rings.